The maximum Gasteiger partial charge on any atom is 0.257 e. The molecule has 1 aliphatic heterocycles. The first kappa shape index (κ1) is 15.7. The number of likely N-dealkylation sites (N-methyl/N-ethyl adjacent to an activating group) is 1. The second-order valence-corrected chi connectivity index (χ2v) is 5.80. The number of nitrogens with zero attached hydrogens (tertiary/aromatic N) is 4. The van der Waals surface area contributed by atoms with Crippen molar-refractivity contribution in [1.29, 1.82) is 0 Å². The molecule has 0 saturated carbocycles. The zero-order valence-corrected chi connectivity index (χ0v) is 13.2. The molecule has 0 unspecified atom stereocenters. The van der Waals surface area contributed by atoms with Crippen molar-refractivity contribution < 1.29 is 4.79 Å². The van der Waals surface area contributed by atoms with Crippen molar-refractivity contribution in [2.75, 3.05) is 44.6 Å². The highest BCUT2D eigenvalue weighted by atomic mass is 16.2. The van der Waals surface area contributed by atoms with Crippen molar-refractivity contribution in [1.82, 2.24) is 19.8 Å². The van der Waals surface area contributed by atoms with Crippen molar-refractivity contribution in [3.8, 4) is 0 Å². The van der Waals surface area contributed by atoms with Gasteiger partial charge in [0.2, 0.25) is 5.95 Å². The largest absolute Gasteiger partial charge is 0.354 e. The summed E-state index contributed by atoms with van der Waals surface area (Å²) in [6, 6.07) is 0. The number of piperazine rings is 1. The Hall–Kier alpha value is -1.69. The Morgan fingerprint density at radius 3 is 2.38 bits per heavy atom. The van der Waals surface area contributed by atoms with Crippen LogP contribution in [0.3, 0.4) is 0 Å². The van der Waals surface area contributed by atoms with Gasteiger partial charge in [-0.2, -0.15) is 0 Å². The van der Waals surface area contributed by atoms with Crippen molar-refractivity contribution >= 4 is 11.9 Å². The van der Waals surface area contributed by atoms with Crippen molar-refractivity contribution in [2.45, 2.75) is 20.8 Å². The van der Waals surface area contributed by atoms with Crippen molar-refractivity contribution in [3.63, 3.8) is 0 Å². The quantitative estimate of drug-likeness (QED) is 0.886. The van der Waals surface area contributed by atoms with E-state index in [4.69, 9.17) is 0 Å². The number of anilines is 1. The van der Waals surface area contributed by atoms with Crippen LogP contribution in [0.1, 0.15) is 31.1 Å². The number of carbonyl (C=O) groups is 1. The lowest BCUT2D eigenvalue weighted by Gasteiger charge is -2.33. The van der Waals surface area contributed by atoms with Crippen LogP contribution >= 0.6 is 0 Å². The molecule has 6 nitrogen and oxygen atoms in total. The molecule has 0 atom stereocenters. The van der Waals surface area contributed by atoms with Gasteiger partial charge in [-0.15, -0.1) is 0 Å². The van der Waals surface area contributed by atoms with Gasteiger partial charge in [0.15, 0.2) is 0 Å². The van der Waals surface area contributed by atoms with E-state index in [-0.39, 0.29) is 5.91 Å². The van der Waals surface area contributed by atoms with Gasteiger partial charge in [-0.3, -0.25) is 4.79 Å². The van der Waals surface area contributed by atoms with E-state index in [9.17, 15) is 4.79 Å². The predicted octanol–water partition coefficient (Wildman–Crippen LogP) is 1.32. The van der Waals surface area contributed by atoms with Gasteiger partial charge in [-0.1, -0.05) is 20.8 Å². The maximum atomic E-state index is 12.4. The normalized spacial score (nSPS) is 16.3. The summed E-state index contributed by atoms with van der Waals surface area (Å²) in [4.78, 5) is 25.0. The molecule has 1 fully saturated rings. The van der Waals surface area contributed by atoms with Crippen LogP contribution in [0.2, 0.25) is 0 Å². The highest BCUT2D eigenvalue weighted by Crippen LogP contribution is 2.08. The first-order valence-corrected chi connectivity index (χ1v) is 7.67. The van der Waals surface area contributed by atoms with Crippen LogP contribution in [0.5, 0.6) is 0 Å². The average Bonchev–Trinajstić information content (AvgIpc) is 2.53. The number of amides is 1. The molecular weight excluding hydrogens is 266 g/mol. The number of nitrogens with one attached hydrogen (secondary N) is 1. The van der Waals surface area contributed by atoms with Crippen molar-refractivity contribution in [2.24, 2.45) is 5.92 Å². The third kappa shape index (κ3) is 4.39. The van der Waals surface area contributed by atoms with Crippen LogP contribution in [0.4, 0.5) is 5.95 Å². The topological polar surface area (TPSA) is 61.4 Å². The van der Waals surface area contributed by atoms with Gasteiger partial charge in [0, 0.05) is 45.1 Å². The summed E-state index contributed by atoms with van der Waals surface area (Å²) in [5, 5.41) is 3.15. The van der Waals surface area contributed by atoms with E-state index in [2.05, 4.69) is 41.0 Å². The maximum absolute atomic E-state index is 12.4. The van der Waals surface area contributed by atoms with E-state index < -0.39 is 0 Å². The van der Waals surface area contributed by atoms with E-state index in [1.165, 1.54) is 0 Å². The molecule has 1 N–H and O–H groups in total. The van der Waals surface area contributed by atoms with E-state index in [1.54, 1.807) is 12.4 Å². The Kier molecular flexibility index (Phi) is 5.50. The summed E-state index contributed by atoms with van der Waals surface area (Å²) >= 11 is 0. The molecule has 1 amide bonds. The first-order valence-electron chi connectivity index (χ1n) is 7.67. The van der Waals surface area contributed by atoms with Crippen LogP contribution < -0.4 is 5.32 Å². The second kappa shape index (κ2) is 7.36. The van der Waals surface area contributed by atoms with Gasteiger partial charge in [0.1, 0.15) is 0 Å². The molecule has 0 radical (unpaired) electrons. The molecule has 2 heterocycles. The summed E-state index contributed by atoms with van der Waals surface area (Å²) < 4.78 is 0. The fourth-order valence-electron chi connectivity index (χ4n) is 2.27. The van der Waals surface area contributed by atoms with E-state index in [0.717, 1.165) is 39.3 Å². The third-order valence-corrected chi connectivity index (χ3v) is 3.67. The molecule has 1 aromatic heterocycles. The molecule has 0 spiro atoms. The summed E-state index contributed by atoms with van der Waals surface area (Å²) in [5.74, 6) is 1.14. The molecular formula is C15H25N5O. The predicted molar refractivity (Wildman–Crippen MR) is 83.4 cm³/mol. The minimum absolute atomic E-state index is 0.0289. The summed E-state index contributed by atoms with van der Waals surface area (Å²) in [6.07, 6.45) is 3.23. The lowest BCUT2D eigenvalue weighted by Crippen LogP contribution is -2.48. The summed E-state index contributed by atoms with van der Waals surface area (Å²) in [6.45, 7) is 11.7. The summed E-state index contributed by atoms with van der Waals surface area (Å²) in [5.41, 5.74) is 0.565. The molecule has 0 aromatic carbocycles. The molecule has 1 aliphatic rings. The third-order valence-electron chi connectivity index (χ3n) is 3.67. The Morgan fingerprint density at radius 1 is 1.24 bits per heavy atom. The Bertz CT molecular complexity index is 452. The lowest BCUT2D eigenvalue weighted by atomic mass is 10.2. The van der Waals surface area contributed by atoms with Crippen LogP contribution in [-0.4, -0.2) is 64.9 Å². The molecule has 1 saturated heterocycles. The van der Waals surface area contributed by atoms with E-state index in [0.29, 0.717) is 17.4 Å². The zero-order chi connectivity index (χ0) is 15.2. The standard InChI is InChI=1S/C15H25N5O/c1-4-19-5-7-20(8-6-19)14(21)13-10-17-15(18-11-13)16-9-12(2)3/h10-12H,4-9H2,1-3H3,(H,16,17,18). The van der Waals surface area contributed by atoms with Crippen molar-refractivity contribution in [3.05, 3.63) is 18.0 Å². The Balaban J connectivity index is 1.91. The van der Waals surface area contributed by atoms with Gasteiger partial charge in [-0.05, 0) is 12.5 Å². The van der Waals surface area contributed by atoms with Crippen LogP contribution in [0.25, 0.3) is 0 Å². The minimum Gasteiger partial charge on any atom is -0.354 e. The Labute approximate surface area is 126 Å². The smallest absolute Gasteiger partial charge is 0.257 e. The van der Waals surface area contributed by atoms with Gasteiger partial charge < -0.3 is 15.1 Å². The molecule has 0 aliphatic carbocycles. The van der Waals surface area contributed by atoms with Gasteiger partial charge in [0.25, 0.3) is 5.91 Å². The summed E-state index contributed by atoms with van der Waals surface area (Å²) in [7, 11) is 0. The van der Waals surface area contributed by atoms with Crippen LogP contribution in [0, 0.1) is 5.92 Å². The number of aromatic nitrogens is 2. The number of hydrogen-bond acceptors (Lipinski definition) is 5. The lowest BCUT2D eigenvalue weighted by molar-refractivity contribution is 0.0642. The van der Waals surface area contributed by atoms with Gasteiger partial charge in [0.05, 0.1) is 5.56 Å². The molecule has 1 aromatic rings. The van der Waals surface area contributed by atoms with E-state index in [1.807, 2.05) is 4.90 Å². The first-order chi connectivity index (χ1) is 10.1. The van der Waals surface area contributed by atoms with Crippen LogP contribution in [-0.2, 0) is 0 Å². The Morgan fingerprint density at radius 2 is 1.86 bits per heavy atom. The van der Waals surface area contributed by atoms with Gasteiger partial charge >= 0.3 is 0 Å². The minimum atomic E-state index is 0.0289. The monoisotopic (exact) mass is 291 g/mol. The molecule has 21 heavy (non-hydrogen) atoms. The number of carbonyl (C=O) groups excluding carboxylic acids is 1. The zero-order valence-electron chi connectivity index (χ0n) is 13.2. The highest BCUT2D eigenvalue weighted by Gasteiger charge is 2.21. The number of rotatable bonds is 5. The molecule has 116 valence electrons. The van der Waals surface area contributed by atoms with Gasteiger partial charge in [-0.25, -0.2) is 9.97 Å². The molecule has 2 rings (SSSR count). The van der Waals surface area contributed by atoms with Crippen LogP contribution in [0.15, 0.2) is 12.4 Å². The number of hydrogen-bond donors (Lipinski definition) is 1. The fourth-order valence-corrected chi connectivity index (χ4v) is 2.27. The highest BCUT2D eigenvalue weighted by molar-refractivity contribution is 5.93. The van der Waals surface area contributed by atoms with E-state index >= 15 is 0 Å². The fraction of sp³-hybridized carbons (Fsp3) is 0.667. The molecule has 0 bridgehead atoms. The second-order valence-electron chi connectivity index (χ2n) is 5.80. The SMILES string of the molecule is CCN1CCN(C(=O)c2cnc(NCC(C)C)nc2)CC1. The molecule has 6 heteroatoms. The average molecular weight is 291 g/mol.